The summed E-state index contributed by atoms with van der Waals surface area (Å²) >= 11 is 0. The van der Waals surface area contributed by atoms with Gasteiger partial charge >= 0.3 is 0 Å². The Kier molecular flexibility index (Phi) is 11.9. The van der Waals surface area contributed by atoms with Gasteiger partial charge in [-0.1, -0.05) is 102 Å². The minimum atomic E-state index is -4.18. The molecule has 4 rings (SSSR count). The van der Waals surface area contributed by atoms with E-state index in [9.17, 15) is 18.0 Å². The monoisotopic (exact) mass is 682 g/mol. The molecular formula is C40H46N2O6S. The highest BCUT2D eigenvalue weighted by Crippen LogP contribution is 2.29. The van der Waals surface area contributed by atoms with Gasteiger partial charge in [-0.3, -0.25) is 14.1 Å². The lowest BCUT2D eigenvalue weighted by Gasteiger charge is -2.19. The van der Waals surface area contributed by atoms with Crippen LogP contribution in [0.1, 0.15) is 80.1 Å². The summed E-state index contributed by atoms with van der Waals surface area (Å²) in [5, 5.41) is 5.54. The Morgan fingerprint density at radius 3 is 1.90 bits per heavy atom. The number of hydrogen-bond acceptors (Lipinski definition) is 5. The van der Waals surface area contributed by atoms with E-state index >= 15 is 0 Å². The number of allylic oxidation sites excluding steroid dienone is 1. The van der Waals surface area contributed by atoms with Crippen LogP contribution in [0.5, 0.6) is 11.5 Å². The lowest BCUT2D eigenvalue weighted by molar-refractivity contribution is -0.117. The minimum absolute atomic E-state index is 0.0398. The largest absolute Gasteiger partial charge is 0.457 e. The Morgan fingerprint density at radius 2 is 1.37 bits per heavy atom. The molecule has 0 saturated carbocycles. The molecule has 2 amide bonds. The predicted molar refractivity (Wildman–Crippen MR) is 197 cm³/mol. The first-order valence-corrected chi connectivity index (χ1v) is 17.9. The van der Waals surface area contributed by atoms with Crippen LogP contribution in [-0.2, 0) is 26.7 Å². The molecule has 0 aliphatic heterocycles. The summed E-state index contributed by atoms with van der Waals surface area (Å²) < 4.78 is 36.8. The van der Waals surface area contributed by atoms with Gasteiger partial charge in [0.2, 0.25) is 5.91 Å². The van der Waals surface area contributed by atoms with Crippen LogP contribution in [0.4, 0.5) is 5.69 Å². The standard InChI is InChI=1S/C40H46N2O6S/c1-39(2,3)24-23-28-7-11-30(12-8-28)36(27-29-9-13-31(14-10-29)37(43)41-25-26-49(45,46)47)38(44)42-33-17-21-35(22-18-33)48-34-19-15-32(16-20-34)40(4,5)6/h7-24,36H,25-27H2,1-6H3,(H,41,43)(H,42,44)(H,45,46,47)/b24-23+. The maximum Gasteiger partial charge on any atom is 0.266 e. The van der Waals surface area contributed by atoms with Crippen LogP contribution in [0.2, 0.25) is 0 Å². The molecule has 0 heterocycles. The predicted octanol–water partition coefficient (Wildman–Crippen LogP) is 8.42. The molecule has 1 atom stereocenters. The quantitative estimate of drug-likeness (QED) is 0.129. The molecule has 8 nitrogen and oxygen atoms in total. The van der Waals surface area contributed by atoms with Gasteiger partial charge in [-0.25, -0.2) is 0 Å². The maximum atomic E-state index is 13.8. The molecule has 0 fully saturated rings. The van der Waals surface area contributed by atoms with Crippen molar-refractivity contribution in [1.82, 2.24) is 5.32 Å². The molecule has 0 spiro atoms. The van der Waals surface area contributed by atoms with E-state index in [2.05, 4.69) is 76.5 Å². The Balaban J connectivity index is 1.49. The van der Waals surface area contributed by atoms with E-state index in [1.54, 1.807) is 24.3 Å². The molecule has 0 saturated heterocycles. The average molecular weight is 683 g/mol. The van der Waals surface area contributed by atoms with Crippen LogP contribution in [0.3, 0.4) is 0 Å². The number of carbonyl (C=O) groups is 2. The van der Waals surface area contributed by atoms with Crippen LogP contribution in [0, 0.1) is 5.41 Å². The number of ether oxygens (including phenoxy) is 1. The highest BCUT2D eigenvalue weighted by atomic mass is 32.2. The average Bonchev–Trinajstić information content (AvgIpc) is 3.03. The van der Waals surface area contributed by atoms with Crippen LogP contribution in [0.25, 0.3) is 6.08 Å². The molecule has 3 N–H and O–H groups in total. The summed E-state index contributed by atoms with van der Waals surface area (Å²) in [7, 11) is -4.18. The number of benzene rings is 4. The minimum Gasteiger partial charge on any atom is -0.457 e. The topological polar surface area (TPSA) is 122 Å². The van der Waals surface area contributed by atoms with Crippen molar-refractivity contribution in [3.05, 3.63) is 131 Å². The molecule has 49 heavy (non-hydrogen) atoms. The van der Waals surface area contributed by atoms with E-state index in [0.717, 1.165) is 22.4 Å². The zero-order chi connectivity index (χ0) is 35.8. The third-order valence-corrected chi connectivity index (χ3v) is 8.53. The van der Waals surface area contributed by atoms with E-state index in [1.165, 1.54) is 5.56 Å². The lowest BCUT2D eigenvalue weighted by atomic mass is 9.87. The lowest BCUT2D eigenvalue weighted by Crippen LogP contribution is -2.28. The second-order valence-electron chi connectivity index (χ2n) is 14.3. The zero-order valence-corrected chi connectivity index (χ0v) is 29.8. The summed E-state index contributed by atoms with van der Waals surface area (Å²) in [5.74, 6) is -0.368. The van der Waals surface area contributed by atoms with Crippen molar-refractivity contribution in [2.45, 2.75) is 59.3 Å². The number of carbonyl (C=O) groups excluding carboxylic acids is 2. The number of amides is 2. The van der Waals surface area contributed by atoms with Crippen molar-refractivity contribution in [3.8, 4) is 11.5 Å². The number of hydrogen-bond donors (Lipinski definition) is 3. The molecule has 1 unspecified atom stereocenters. The van der Waals surface area contributed by atoms with Crippen LogP contribution >= 0.6 is 0 Å². The maximum absolute atomic E-state index is 13.8. The highest BCUT2D eigenvalue weighted by molar-refractivity contribution is 7.85. The Morgan fingerprint density at radius 1 is 0.796 bits per heavy atom. The normalized spacial score (nSPS) is 12.8. The van der Waals surface area contributed by atoms with E-state index in [4.69, 9.17) is 9.29 Å². The summed E-state index contributed by atoms with van der Waals surface area (Å²) in [6.07, 6.45) is 4.58. The zero-order valence-electron chi connectivity index (χ0n) is 29.0. The molecule has 0 aliphatic rings. The van der Waals surface area contributed by atoms with Crippen molar-refractivity contribution in [2.75, 3.05) is 17.6 Å². The third-order valence-electron chi connectivity index (χ3n) is 7.81. The molecular weight excluding hydrogens is 637 g/mol. The van der Waals surface area contributed by atoms with Crippen molar-refractivity contribution in [1.29, 1.82) is 0 Å². The fourth-order valence-electron chi connectivity index (χ4n) is 4.97. The van der Waals surface area contributed by atoms with E-state index in [-0.39, 0.29) is 23.3 Å². The van der Waals surface area contributed by atoms with Crippen molar-refractivity contribution < 1.29 is 27.3 Å². The summed E-state index contributed by atoms with van der Waals surface area (Å²) in [6.45, 7) is 12.7. The Labute approximate surface area is 290 Å². The highest BCUT2D eigenvalue weighted by Gasteiger charge is 2.22. The molecule has 258 valence electrons. The number of rotatable bonds is 12. The number of nitrogens with one attached hydrogen (secondary N) is 2. The molecule has 0 bridgehead atoms. The van der Waals surface area contributed by atoms with Gasteiger partial charge in [0.15, 0.2) is 0 Å². The second-order valence-corrected chi connectivity index (χ2v) is 15.8. The van der Waals surface area contributed by atoms with Crippen molar-refractivity contribution in [2.24, 2.45) is 5.41 Å². The molecule has 0 aliphatic carbocycles. The van der Waals surface area contributed by atoms with Crippen molar-refractivity contribution in [3.63, 3.8) is 0 Å². The fraction of sp³-hybridized carbons (Fsp3) is 0.300. The molecule has 4 aromatic carbocycles. The SMILES string of the molecule is CC(C)(C)/C=C/c1ccc(C(Cc2ccc(C(=O)NCCS(=O)(=O)O)cc2)C(=O)Nc2ccc(Oc3ccc(C(C)(C)C)cc3)cc2)cc1. The molecule has 4 aromatic rings. The number of anilines is 1. The summed E-state index contributed by atoms with van der Waals surface area (Å²) in [5.41, 5.74) is 5.00. The van der Waals surface area contributed by atoms with Gasteiger partial charge in [-0.2, -0.15) is 8.42 Å². The van der Waals surface area contributed by atoms with Gasteiger partial charge in [0.25, 0.3) is 16.0 Å². The first-order valence-electron chi connectivity index (χ1n) is 16.3. The first-order chi connectivity index (χ1) is 22.9. The van der Waals surface area contributed by atoms with Crippen LogP contribution in [0.15, 0.2) is 103 Å². The molecule has 0 radical (unpaired) electrons. The van der Waals surface area contributed by atoms with Gasteiger partial charge < -0.3 is 15.4 Å². The van der Waals surface area contributed by atoms with Crippen molar-refractivity contribution >= 4 is 33.7 Å². The van der Waals surface area contributed by atoms with Gasteiger partial charge in [0.05, 0.1) is 11.7 Å². The Bertz CT molecular complexity index is 1850. The molecule has 0 aromatic heterocycles. The van der Waals surface area contributed by atoms with Gasteiger partial charge in [0, 0.05) is 17.8 Å². The van der Waals surface area contributed by atoms with Gasteiger partial charge in [-0.15, -0.1) is 0 Å². The third kappa shape index (κ3) is 12.0. The van der Waals surface area contributed by atoms with E-state index in [1.807, 2.05) is 60.7 Å². The first kappa shape index (κ1) is 37.1. The van der Waals surface area contributed by atoms with E-state index < -0.39 is 27.7 Å². The van der Waals surface area contributed by atoms with Gasteiger partial charge in [0.1, 0.15) is 11.5 Å². The molecule has 9 heteroatoms. The van der Waals surface area contributed by atoms with E-state index in [0.29, 0.717) is 23.4 Å². The van der Waals surface area contributed by atoms with Crippen LogP contribution in [-0.4, -0.2) is 37.1 Å². The second kappa shape index (κ2) is 15.7. The van der Waals surface area contributed by atoms with Crippen LogP contribution < -0.4 is 15.4 Å². The van der Waals surface area contributed by atoms with Gasteiger partial charge in [-0.05, 0) is 88.0 Å². The fourth-order valence-corrected chi connectivity index (χ4v) is 5.33. The Hall–Kier alpha value is -4.73. The summed E-state index contributed by atoms with van der Waals surface area (Å²) in [6, 6.07) is 30.0. The summed E-state index contributed by atoms with van der Waals surface area (Å²) in [4.78, 5) is 26.3. The smallest absolute Gasteiger partial charge is 0.266 e.